The number of aromatic nitrogens is 2. The van der Waals surface area contributed by atoms with Gasteiger partial charge < -0.3 is 4.42 Å². The second-order valence-electron chi connectivity index (χ2n) is 4.24. The summed E-state index contributed by atoms with van der Waals surface area (Å²) in [5.41, 5.74) is 0.922. The molecule has 0 saturated heterocycles. The molecule has 0 aliphatic rings. The molecule has 6 heteroatoms. The lowest BCUT2D eigenvalue weighted by atomic mass is 10.2. The lowest BCUT2D eigenvalue weighted by molar-refractivity contribution is 0.102. The van der Waals surface area contributed by atoms with Gasteiger partial charge in [0.15, 0.2) is 0 Å². The zero-order valence-electron chi connectivity index (χ0n) is 10.8. The molecule has 0 aliphatic carbocycles. The Bertz CT molecular complexity index is 771. The highest BCUT2D eigenvalue weighted by Gasteiger charge is 2.12. The van der Waals surface area contributed by atoms with Crippen molar-refractivity contribution < 1.29 is 13.6 Å². The van der Waals surface area contributed by atoms with Gasteiger partial charge in [0.2, 0.25) is 5.89 Å². The van der Waals surface area contributed by atoms with Crippen LogP contribution in [0.25, 0.3) is 11.5 Å². The number of rotatable bonds is 3. The van der Waals surface area contributed by atoms with Crippen molar-refractivity contribution in [3.8, 4) is 11.5 Å². The molecule has 0 saturated carbocycles. The molecule has 0 spiro atoms. The molecule has 3 aromatic rings. The molecule has 21 heavy (non-hydrogen) atoms. The lowest BCUT2D eigenvalue weighted by Crippen LogP contribution is -2.11. The quantitative estimate of drug-likeness (QED) is 0.801. The van der Waals surface area contributed by atoms with Crippen molar-refractivity contribution in [2.75, 3.05) is 5.32 Å². The standard InChI is InChI=1S/C15H10FN3O2/c16-12-8-4-7-11(9-12)14-18-19-15(21-14)17-13(20)10-5-2-1-3-6-10/h1-9H,(H,17,19,20). The molecule has 5 nitrogen and oxygen atoms in total. The van der Waals surface area contributed by atoms with E-state index in [0.29, 0.717) is 11.1 Å². The Morgan fingerprint density at radius 1 is 1.05 bits per heavy atom. The topological polar surface area (TPSA) is 68.0 Å². The average molecular weight is 283 g/mol. The number of nitrogens with one attached hydrogen (secondary N) is 1. The molecule has 1 amide bonds. The Kier molecular flexibility index (Phi) is 3.42. The molecule has 0 aliphatic heterocycles. The largest absolute Gasteiger partial charge is 0.403 e. The van der Waals surface area contributed by atoms with E-state index in [1.807, 2.05) is 6.07 Å². The van der Waals surface area contributed by atoms with Crippen molar-refractivity contribution in [2.45, 2.75) is 0 Å². The summed E-state index contributed by atoms with van der Waals surface area (Å²) in [5.74, 6) is -0.622. The third-order valence-electron chi connectivity index (χ3n) is 2.75. The molecule has 0 bridgehead atoms. The van der Waals surface area contributed by atoms with Crippen LogP contribution in [-0.2, 0) is 0 Å². The van der Waals surface area contributed by atoms with E-state index >= 15 is 0 Å². The van der Waals surface area contributed by atoms with Gasteiger partial charge in [0.1, 0.15) is 5.82 Å². The summed E-state index contributed by atoms with van der Waals surface area (Å²) in [6, 6.07) is 14.4. The Balaban J connectivity index is 1.78. The highest BCUT2D eigenvalue weighted by Crippen LogP contribution is 2.20. The van der Waals surface area contributed by atoms with Crippen molar-refractivity contribution in [2.24, 2.45) is 0 Å². The summed E-state index contributed by atoms with van der Waals surface area (Å²) in [5, 5.41) is 9.98. The maximum absolute atomic E-state index is 13.1. The van der Waals surface area contributed by atoms with Gasteiger partial charge >= 0.3 is 6.01 Å². The van der Waals surface area contributed by atoms with E-state index in [9.17, 15) is 9.18 Å². The van der Waals surface area contributed by atoms with Gasteiger partial charge in [-0.3, -0.25) is 10.1 Å². The Labute approximate surface area is 119 Å². The van der Waals surface area contributed by atoms with Crippen LogP contribution in [0, 0.1) is 5.82 Å². The Morgan fingerprint density at radius 3 is 2.62 bits per heavy atom. The fourth-order valence-electron chi connectivity index (χ4n) is 1.77. The molecule has 0 atom stereocenters. The molecular weight excluding hydrogens is 273 g/mol. The summed E-state index contributed by atoms with van der Waals surface area (Å²) in [7, 11) is 0. The summed E-state index contributed by atoms with van der Waals surface area (Å²) in [6.07, 6.45) is 0. The normalized spacial score (nSPS) is 10.3. The summed E-state index contributed by atoms with van der Waals surface area (Å²) >= 11 is 0. The van der Waals surface area contributed by atoms with Gasteiger partial charge in [0, 0.05) is 11.1 Å². The van der Waals surface area contributed by atoms with Crippen LogP contribution in [0.5, 0.6) is 0 Å². The van der Waals surface area contributed by atoms with Crippen LogP contribution in [0.3, 0.4) is 0 Å². The fourth-order valence-corrected chi connectivity index (χ4v) is 1.77. The highest BCUT2D eigenvalue weighted by atomic mass is 19.1. The van der Waals surface area contributed by atoms with Gasteiger partial charge in [0.25, 0.3) is 5.91 Å². The van der Waals surface area contributed by atoms with Crippen LogP contribution in [0.15, 0.2) is 59.0 Å². The second kappa shape index (κ2) is 5.54. The molecular formula is C15H10FN3O2. The Hall–Kier alpha value is -3.02. The number of hydrogen-bond donors (Lipinski definition) is 1. The van der Waals surface area contributed by atoms with Crippen LogP contribution in [0.1, 0.15) is 10.4 Å². The summed E-state index contributed by atoms with van der Waals surface area (Å²) in [6.45, 7) is 0. The number of amides is 1. The summed E-state index contributed by atoms with van der Waals surface area (Å²) in [4.78, 5) is 11.9. The molecule has 104 valence electrons. The summed E-state index contributed by atoms with van der Waals surface area (Å²) < 4.78 is 18.4. The predicted molar refractivity (Wildman–Crippen MR) is 74.1 cm³/mol. The number of hydrogen-bond acceptors (Lipinski definition) is 4. The first kappa shape index (κ1) is 13.0. The second-order valence-corrected chi connectivity index (χ2v) is 4.24. The minimum absolute atomic E-state index is 0.0388. The SMILES string of the molecule is O=C(Nc1nnc(-c2cccc(F)c2)o1)c1ccccc1. The van der Waals surface area contributed by atoms with Crippen molar-refractivity contribution in [1.29, 1.82) is 0 Å². The van der Waals surface area contributed by atoms with E-state index in [1.54, 1.807) is 30.3 Å². The van der Waals surface area contributed by atoms with E-state index in [2.05, 4.69) is 15.5 Å². The maximum atomic E-state index is 13.1. The monoisotopic (exact) mass is 283 g/mol. The van der Waals surface area contributed by atoms with Gasteiger partial charge in [-0.25, -0.2) is 4.39 Å². The van der Waals surface area contributed by atoms with Gasteiger partial charge in [0.05, 0.1) is 0 Å². The van der Waals surface area contributed by atoms with Gasteiger partial charge in [-0.2, -0.15) is 0 Å². The van der Waals surface area contributed by atoms with E-state index in [0.717, 1.165) is 0 Å². The molecule has 1 aromatic heterocycles. The maximum Gasteiger partial charge on any atom is 0.322 e. The van der Waals surface area contributed by atoms with Gasteiger partial charge in [-0.1, -0.05) is 29.4 Å². The first-order chi connectivity index (χ1) is 10.2. The number of carbonyl (C=O) groups is 1. The van der Waals surface area contributed by atoms with Crippen LogP contribution >= 0.6 is 0 Å². The third-order valence-corrected chi connectivity index (χ3v) is 2.75. The van der Waals surface area contributed by atoms with Crippen molar-refractivity contribution in [3.05, 3.63) is 66.0 Å². The van der Waals surface area contributed by atoms with Crippen molar-refractivity contribution >= 4 is 11.9 Å². The number of benzene rings is 2. The third kappa shape index (κ3) is 2.94. The lowest BCUT2D eigenvalue weighted by Gasteiger charge is -1.99. The zero-order chi connectivity index (χ0) is 14.7. The van der Waals surface area contributed by atoms with Crippen LogP contribution in [-0.4, -0.2) is 16.1 Å². The smallest absolute Gasteiger partial charge is 0.322 e. The molecule has 2 aromatic carbocycles. The van der Waals surface area contributed by atoms with E-state index < -0.39 is 5.82 Å². The van der Waals surface area contributed by atoms with E-state index in [-0.39, 0.29) is 17.8 Å². The number of anilines is 1. The number of nitrogens with zero attached hydrogens (tertiary/aromatic N) is 2. The minimum Gasteiger partial charge on any atom is -0.403 e. The zero-order valence-corrected chi connectivity index (χ0v) is 10.8. The van der Waals surface area contributed by atoms with Crippen LogP contribution < -0.4 is 5.32 Å². The molecule has 1 heterocycles. The highest BCUT2D eigenvalue weighted by molar-refractivity contribution is 6.03. The first-order valence-corrected chi connectivity index (χ1v) is 6.18. The van der Waals surface area contributed by atoms with Crippen LogP contribution in [0.4, 0.5) is 10.4 Å². The van der Waals surface area contributed by atoms with Gasteiger partial charge in [-0.05, 0) is 30.3 Å². The average Bonchev–Trinajstić information content (AvgIpc) is 2.97. The minimum atomic E-state index is -0.402. The molecule has 0 fully saturated rings. The van der Waals surface area contributed by atoms with Crippen molar-refractivity contribution in [3.63, 3.8) is 0 Å². The fraction of sp³-hybridized carbons (Fsp3) is 0. The number of carbonyl (C=O) groups excluding carboxylic acids is 1. The molecule has 1 N–H and O–H groups in total. The Morgan fingerprint density at radius 2 is 1.86 bits per heavy atom. The van der Waals surface area contributed by atoms with E-state index in [1.165, 1.54) is 18.2 Å². The van der Waals surface area contributed by atoms with Crippen molar-refractivity contribution in [1.82, 2.24) is 10.2 Å². The van der Waals surface area contributed by atoms with E-state index in [4.69, 9.17) is 4.42 Å². The number of halogens is 1. The molecule has 0 unspecified atom stereocenters. The first-order valence-electron chi connectivity index (χ1n) is 6.18. The van der Waals surface area contributed by atoms with Crippen LogP contribution in [0.2, 0.25) is 0 Å². The van der Waals surface area contributed by atoms with Gasteiger partial charge in [-0.15, -0.1) is 5.10 Å². The molecule has 3 rings (SSSR count). The predicted octanol–water partition coefficient (Wildman–Crippen LogP) is 3.13. The molecule has 0 radical (unpaired) electrons.